The van der Waals surface area contributed by atoms with E-state index in [4.69, 9.17) is 0 Å². The SMILES string of the molecule is Cc1cccc(CNc2cnnc(N3CCN(Cc4ccccc4)CC3)n2)c1. The van der Waals surface area contributed by atoms with E-state index in [-0.39, 0.29) is 0 Å². The fraction of sp³-hybridized carbons (Fsp3) is 0.318. The molecule has 0 atom stereocenters. The maximum absolute atomic E-state index is 4.67. The van der Waals surface area contributed by atoms with E-state index in [0.717, 1.165) is 45.1 Å². The third kappa shape index (κ3) is 4.84. The molecule has 0 aliphatic carbocycles. The van der Waals surface area contributed by atoms with Gasteiger partial charge in [0.25, 0.3) is 0 Å². The maximum atomic E-state index is 4.67. The van der Waals surface area contributed by atoms with Crippen LogP contribution in [0.5, 0.6) is 0 Å². The summed E-state index contributed by atoms with van der Waals surface area (Å²) in [6, 6.07) is 19.1. The van der Waals surface area contributed by atoms with Crippen LogP contribution in [0, 0.1) is 6.92 Å². The van der Waals surface area contributed by atoms with Gasteiger partial charge in [0.1, 0.15) is 0 Å². The van der Waals surface area contributed by atoms with E-state index in [1.54, 1.807) is 6.20 Å². The summed E-state index contributed by atoms with van der Waals surface area (Å²) in [5.74, 6) is 1.46. The van der Waals surface area contributed by atoms with E-state index in [1.165, 1.54) is 16.7 Å². The molecule has 0 saturated carbocycles. The molecule has 2 aromatic carbocycles. The van der Waals surface area contributed by atoms with Crippen molar-refractivity contribution in [2.75, 3.05) is 36.4 Å². The molecular formula is C22H26N6. The quantitative estimate of drug-likeness (QED) is 0.715. The van der Waals surface area contributed by atoms with Gasteiger partial charge in [-0.15, -0.1) is 5.10 Å². The smallest absolute Gasteiger partial charge is 0.247 e. The molecule has 1 fully saturated rings. The molecule has 6 nitrogen and oxygen atoms in total. The molecule has 0 amide bonds. The first kappa shape index (κ1) is 18.4. The Morgan fingerprint density at radius 2 is 1.71 bits per heavy atom. The molecule has 0 spiro atoms. The summed E-state index contributed by atoms with van der Waals surface area (Å²) in [5, 5.41) is 11.8. The molecular weight excluding hydrogens is 348 g/mol. The van der Waals surface area contributed by atoms with Gasteiger partial charge < -0.3 is 10.2 Å². The van der Waals surface area contributed by atoms with Crippen molar-refractivity contribution in [1.82, 2.24) is 20.1 Å². The second-order valence-electron chi connectivity index (χ2n) is 7.23. The number of piperazine rings is 1. The number of aryl methyl sites for hydroxylation is 1. The molecule has 6 heteroatoms. The van der Waals surface area contributed by atoms with Crippen LogP contribution >= 0.6 is 0 Å². The first-order valence-electron chi connectivity index (χ1n) is 9.77. The minimum Gasteiger partial charge on any atom is -0.365 e. The monoisotopic (exact) mass is 374 g/mol. The summed E-state index contributed by atoms with van der Waals surface area (Å²) in [6.07, 6.45) is 1.69. The van der Waals surface area contributed by atoms with Gasteiger partial charge in [0.15, 0.2) is 5.82 Å². The minimum atomic E-state index is 0.702. The lowest BCUT2D eigenvalue weighted by atomic mass is 10.1. The lowest BCUT2D eigenvalue weighted by Gasteiger charge is -2.34. The average Bonchev–Trinajstić information content (AvgIpc) is 2.74. The van der Waals surface area contributed by atoms with Gasteiger partial charge in [-0.3, -0.25) is 4.90 Å². The molecule has 0 unspecified atom stereocenters. The molecule has 4 rings (SSSR count). The van der Waals surface area contributed by atoms with Gasteiger partial charge in [-0.2, -0.15) is 10.1 Å². The summed E-state index contributed by atoms with van der Waals surface area (Å²) >= 11 is 0. The maximum Gasteiger partial charge on any atom is 0.247 e. The van der Waals surface area contributed by atoms with Crippen LogP contribution in [0.4, 0.5) is 11.8 Å². The van der Waals surface area contributed by atoms with Gasteiger partial charge >= 0.3 is 0 Å². The minimum absolute atomic E-state index is 0.702. The highest BCUT2D eigenvalue weighted by Crippen LogP contribution is 2.15. The van der Waals surface area contributed by atoms with Gasteiger partial charge in [-0.25, -0.2) is 0 Å². The zero-order chi connectivity index (χ0) is 19.2. The largest absolute Gasteiger partial charge is 0.365 e. The van der Waals surface area contributed by atoms with E-state index in [1.807, 2.05) is 0 Å². The highest BCUT2D eigenvalue weighted by Gasteiger charge is 2.19. The van der Waals surface area contributed by atoms with Crippen molar-refractivity contribution in [3.63, 3.8) is 0 Å². The molecule has 0 radical (unpaired) electrons. The molecule has 0 bridgehead atoms. The van der Waals surface area contributed by atoms with E-state index in [9.17, 15) is 0 Å². The zero-order valence-corrected chi connectivity index (χ0v) is 16.3. The van der Waals surface area contributed by atoms with Crippen molar-refractivity contribution in [3.8, 4) is 0 Å². The van der Waals surface area contributed by atoms with Gasteiger partial charge in [-0.1, -0.05) is 60.2 Å². The summed E-state index contributed by atoms with van der Waals surface area (Å²) in [4.78, 5) is 9.35. The normalized spacial score (nSPS) is 14.8. The summed E-state index contributed by atoms with van der Waals surface area (Å²) < 4.78 is 0. The van der Waals surface area contributed by atoms with Crippen LogP contribution in [0.15, 0.2) is 60.8 Å². The first-order chi connectivity index (χ1) is 13.8. The number of aromatic nitrogens is 3. The summed E-state index contributed by atoms with van der Waals surface area (Å²) in [5.41, 5.74) is 3.85. The third-order valence-corrected chi connectivity index (χ3v) is 5.01. The highest BCUT2D eigenvalue weighted by atomic mass is 15.4. The van der Waals surface area contributed by atoms with E-state index >= 15 is 0 Å². The molecule has 1 aliphatic heterocycles. The molecule has 1 saturated heterocycles. The number of hydrogen-bond acceptors (Lipinski definition) is 6. The Kier molecular flexibility index (Phi) is 5.77. The fourth-order valence-electron chi connectivity index (χ4n) is 3.48. The molecule has 3 aromatic rings. The van der Waals surface area contributed by atoms with E-state index in [0.29, 0.717) is 5.95 Å². The topological polar surface area (TPSA) is 57.2 Å². The summed E-state index contributed by atoms with van der Waals surface area (Å²) in [7, 11) is 0. The standard InChI is InChI=1S/C22H26N6/c1-18-6-5-9-20(14-18)15-23-21-16-24-26-22(25-21)28-12-10-27(11-13-28)17-19-7-3-2-4-8-19/h2-9,14,16H,10-13,15,17H2,1H3,(H,23,25,26). The van der Waals surface area contributed by atoms with Crippen LogP contribution in [0.2, 0.25) is 0 Å². The number of hydrogen-bond donors (Lipinski definition) is 1. The second-order valence-corrected chi connectivity index (χ2v) is 7.23. The molecule has 2 heterocycles. The van der Waals surface area contributed by atoms with Crippen molar-refractivity contribution >= 4 is 11.8 Å². The van der Waals surface area contributed by atoms with Crippen LogP contribution in [-0.2, 0) is 13.1 Å². The Morgan fingerprint density at radius 3 is 2.50 bits per heavy atom. The fourth-order valence-corrected chi connectivity index (χ4v) is 3.48. The van der Waals surface area contributed by atoms with Crippen LogP contribution in [0.3, 0.4) is 0 Å². The van der Waals surface area contributed by atoms with E-state index in [2.05, 4.69) is 91.8 Å². The number of benzene rings is 2. The van der Waals surface area contributed by atoms with Crippen LogP contribution < -0.4 is 10.2 Å². The Labute approximate surface area is 166 Å². The predicted octanol–water partition coefficient (Wildman–Crippen LogP) is 3.11. The number of nitrogens with zero attached hydrogens (tertiary/aromatic N) is 5. The van der Waals surface area contributed by atoms with Gasteiger partial charge in [0.05, 0.1) is 6.20 Å². The van der Waals surface area contributed by atoms with Crippen molar-refractivity contribution in [3.05, 3.63) is 77.5 Å². The van der Waals surface area contributed by atoms with Gasteiger partial charge in [0, 0.05) is 39.3 Å². The van der Waals surface area contributed by atoms with Gasteiger partial charge in [-0.05, 0) is 18.1 Å². The van der Waals surface area contributed by atoms with Crippen LogP contribution in [0.1, 0.15) is 16.7 Å². The van der Waals surface area contributed by atoms with Gasteiger partial charge in [0.2, 0.25) is 5.95 Å². The highest BCUT2D eigenvalue weighted by molar-refractivity contribution is 5.40. The lowest BCUT2D eigenvalue weighted by molar-refractivity contribution is 0.248. The third-order valence-electron chi connectivity index (χ3n) is 5.01. The molecule has 1 N–H and O–H groups in total. The molecule has 144 valence electrons. The predicted molar refractivity (Wildman–Crippen MR) is 112 cm³/mol. The van der Waals surface area contributed by atoms with Crippen LogP contribution in [0.25, 0.3) is 0 Å². The number of rotatable bonds is 6. The van der Waals surface area contributed by atoms with Crippen molar-refractivity contribution in [2.45, 2.75) is 20.0 Å². The molecule has 1 aromatic heterocycles. The summed E-state index contributed by atoms with van der Waals surface area (Å²) in [6.45, 7) is 7.64. The second kappa shape index (κ2) is 8.80. The van der Waals surface area contributed by atoms with Crippen molar-refractivity contribution in [1.29, 1.82) is 0 Å². The average molecular weight is 374 g/mol. The Bertz CT molecular complexity index is 890. The molecule has 28 heavy (non-hydrogen) atoms. The van der Waals surface area contributed by atoms with Crippen molar-refractivity contribution in [2.24, 2.45) is 0 Å². The lowest BCUT2D eigenvalue weighted by Crippen LogP contribution is -2.46. The first-order valence-corrected chi connectivity index (χ1v) is 9.77. The zero-order valence-electron chi connectivity index (χ0n) is 16.3. The number of anilines is 2. The Hall–Kier alpha value is -2.99. The Balaban J connectivity index is 1.32. The Morgan fingerprint density at radius 1 is 0.929 bits per heavy atom. The van der Waals surface area contributed by atoms with E-state index < -0.39 is 0 Å². The molecule has 1 aliphatic rings. The van der Waals surface area contributed by atoms with Crippen molar-refractivity contribution < 1.29 is 0 Å². The van der Waals surface area contributed by atoms with Crippen LogP contribution in [-0.4, -0.2) is 46.3 Å². The number of nitrogens with one attached hydrogen (secondary N) is 1.